The number of carbonyl (C=O) groups is 1. The summed E-state index contributed by atoms with van der Waals surface area (Å²) in [5.41, 5.74) is 3.09. The van der Waals surface area contributed by atoms with Gasteiger partial charge in [0.1, 0.15) is 11.4 Å². The molecule has 0 unspecified atom stereocenters. The minimum atomic E-state index is -0.979. The molecule has 2 N–H and O–H groups in total. The van der Waals surface area contributed by atoms with Gasteiger partial charge in [0.25, 0.3) is 0 Å². The molecule has 1 aliphatic rings. The predicted molar refractivity (Wildman–Crippen MR) is 114 cm³/mol. The third kappa shape index (κ3) is 4.27. The molecule has 0 aliphatic carbocycles. The molecule has 0 radical (unpaired) electrons. The van der Waals surface area contributed by atoms with Gasteiger partial charge in [-0.15, -0.1) is 0 Å². The van der Waals surface area contributed by atoms with Crippen molar-refractivity contribution >= 4 is 28.4 Å². The van der Waals surface area contributed by atoms with E-state index in [1.165, 1.54) is 0 Å². The van der Waals surface area contributed by atoms with E-state index in [0.717, 1.165) is 67.7 Å². The lowest BCUT2D eigenvalue weighted by atomic mass is 10.0. The van der Waals surface area contributed by atoms with Crippen LogP contribution in [-0.4, -0.2) is 33.8 Å². The van der Waals surface area contributed by atoms with Crippen LogP contribution in [-0.2, 0) is 17.7 Å². The van der Waals surface area contributed by atoms with Crippen LogP contribution in [0.15, 0.2) is 42.6 Å². The number of hydrogen-bond donors (Lipinski definition) is 2. The maximum absolute atomic E-state index is 11.7. The van der Waals surface area contributed by atoms with Gasteiger partial charge in [0.2, 0.25) is 0 Å². The second kappa shape index (κ2) is 8.66. The first-order valence-electron chi connectivity index (χ1n) is 10.3. The molecule has 29 heavy (non-hydrogen) atoms. The zero-order valence-electron chi connectivity index (χ0n) is 16.7. The van der Waals surface area contributed by atoms with Gasteiger partial charge in [0.05, 0.1) is 5.52 Å². The minimum absolute atomic E-state index is 0.184. The third-order valence-electron chi connectivity index (χ3n) is 5.55. The van der Waals surface area contributed by atoms with Crippen molar-refractivity contribution in [3.05, 3.63) is 53.9 Å². The van der Waals surface area contributed by atoms with Crippen LogP contribution in [0.2, 0.25) is 0 Å². The van der Waals surface area contributed by atoms with Gasteiger partial charge < -0.3 is 19.7 Å². The zero-order valence-corrected chi connectivity index (χ0v) is 16.7. The maximum Gasteiger partial charge on any atom is 0.339 e. The number of aryl methyl sites for hydroxylation is 1. The molecule has 1 aromatic carbocycles. The van der Waals surface area contributed by atoms with Gasteiger partial charge in [-0.05, 0) is 55.5 Å². The minimum Gasteiger partial charge on any atom is -0.478 e. The topological polar surface area (TPSA) is 76.4 Å². The number of ether oxygens (including phenoxy) is 1. The van der Waals surface area contributed by atoms with E-state index in [1.54, 1.807) is 12.1 Å². The van der Waals surface area contributed by atoms with Crippen molar-refractivity contribution in [3.63, 3.8) is 0 Å². The summed E-state index contributed by atoms with van der Waals surface area (Å²) >= 11 is 0. The van der Waals surface area contributed by atoms with Crippen LogP contribution in [0.25, 0.3) is 10.9 Å². The number of pyridine rings is 1. The van der Waals surface area contributed by atoms with Crippen LogP contribution in [0.1, 0.15) is 42.2 Å². The lowest BCUT2D eigenvalue weighted by Gasteiger charge is -2.22. The van der Waals surface area contributed by atoms with E-state index in [4.69, 9.17) is 4.74 Å². The summed E-state index contributed by atoms with van der Waals surface area (Å²) in [4.78, 5) is 16.2. The van der Waals surface area contributed by atoms with Gasteiger partial charge in [0.15, 0.2) is 0 Å². The van der Waals surface area contributed by atoms with Gasteiger partial charge in [-0.1, -0.05) is 19.4 Å². The zero-order chi connectivity index (χ0) is 20.2. The van der Waals surface area contributed by atoms with E-state index < -0.39 is 5.97 Å². The first kappa shape index (κ1) is 19.5. The molecule has 4 rings (SSSR count). The Labute approximate surface area is 170 Å². The average molecular weight is 393 g/mol. The SMILES string of the molecule is CCCc1ccc(C(=O)O)c(Nc2cccc3c2ccn3CC2CCOCC2)n1. The second-order valence-electron chi connectivity index (χ2n) is 7.64. The number of carboxylic acids is 1. The number of benzene rings is 1. The smallest absolute Gasteiger partial charge is 0.339 e. The van der Waals surface area contributed by atoms with Crippen LogP contribution < -0.4 is 5.32 Å². The number of hydrogen-bond acceptors (Lipinski definition) is 4. The predicted octanol–water partition coefficient (Wildman–Crippen LogP) is 4.86. The number of anilines is 2. The average Bonchev–Trinajstić information content (AvgIpc) is 3.13. The Balaban J connectivity index is 1.65. The molecule has 6 heteroatoms. The van der Waals surface area contributed by atoms with Crippen LogP contribution >= 0.6 is 0 Å². The Bertz CT molecular complexity index is 1010. The summed E-state index contributed by atoms with van der Waals surface area (Å²) in [5, 5.41) is 13.9. The van der Waals surface area contributed by atoms with Crippen LogP contribution in [0.5, 0.6) is 0 Å². The van der Waals surface area contributed by atoms with Crippen molar-refractivity contribution in [2.45, 2.75) is 39.2 Å². The van der Waals surface area contributed by atoms with Crippen molar-refractivity contribution in [2.75, 3.05) is 18.5 Å². The molecule has 1 aliphatic heterocycles. The molecule has 3 heterocycles. The standard InChI is InChI=1S/C23H27N3O3/c1-2-4-17-7-8-19(23(27)28)22(24-17)25-20-5-3-6-21-18(20)9-12-26(21)15-16-10-13-29-14-11-16/h3,5-9,12,16H,2,4,10-11,13-15H2,1H3,(H,24,25)(H,27,28). The maximum atomic E-state index is 11.7. The molecular weight excluding hydrogens is 366 g/mol. The molecule has 0 atom stereocenters. The van der Waals surface area contributed by atoms with E-state index in [0.29, 0.717) is 11.7 Å². The van der Waals surface area contributed by atoms with E-state index in [1.807, 2.05) is 12.1 Å². The molecule has 6 nitrogen and oxygen atoms in total. The summed E-state index contributed by atoms with van der Waals surface area (Å²) in [6.07, 6.45) is 6.08. The Morgan fingerprint density at radius 3 is 2.83 bits per heavy atom. The molecule has 3 aromatic rings. The molecule has 152 valence electrons. The van der Waals surface area contributed by atoms with Crippen molar-refractivity contribution in [1.29, 1.82) is 0 Å². The Hall–Kier alpha value is -2.86. The fourth-order valence-corrected chi connectivity index (χ4v) is 3.99. The summed E-state index contributed by atoms with van der Waals surface area (Å²) in [6.45, 7) is 4.74. The van der Waals surface area contributed by atoms with Gasteiger partial charge in [-0.3, -0.25) is 0 Å². The van der Waals surface area contributed by atoms with Crippen LogP contribution in [0.4, 0.5) is 11.5 Å². The number of nitrogens with one attached hydrogen (secondary N) is 1. The largest absolute Gasteiger partial charge is 0.478 e. The summed E-state index contributed by atoms with van der Waals surface area (Å²) in [6, 6.07) is 11.6. The van der Waals surface area contributed by atoms with Crippen molar-refractivity contribution < 1.29 is 14.6 Å². The molecule has 0 saturated carbocycles. The van der Waals surface area contributed by atoms with Crippen molar-refractivity contribution in [1.82, 2.24) is 9.55 Å². The number of aromatic carboxylic acids is 1. The monoisotopic (exact) mass is 393 g/mol. The molecule has 1 fully saturated rings. The Morgan fingerprint density at radius 1 is 1.24 bits per heavy atom. The fourth-order valence-electron chi connectivity index (χ4n) is 3.99. The summed E-state index contributed by atoms with van der Waals surface area (Å²) in [5.74, 6) is 0.0439. The highest BCUT2D eigenvalue weighted by Crippen LogP contribution is 2.30. The molecule has 0 amide bonds. The number of rotatable bonds is 7. The third-order valence-corrected chi connectivity index (χ3v) is 5.55. The van der Waals surface area contributed by atoms with Gasteiger partial charge in [-0.2, -0.15) is 0 Å². The summed E-state index contributed by atoms with van der Waals surface area (Å²) < 4.78 is 7.76. The van der Waals surface area contributed by atoms with Crippen molar-refractivity contribution in [3.8, 4) is 0 Å². The highest BCUT2D eigenvalue weighted by atomic mass is 16.5. The Morgan fingerprint density at radius 2 is 2.07 bits per heavy atom. The lowest BCUT2D eigenvalue weighted by Crippen LogP contribution is -2.20. The number of nitrogens with zero attached hydrogens (tertiary/aromatic N) is 2. The van der Waals surface area contributed by atoms with E-state index in [2.05, 4.69) is 40.1 Å². The van der Waals surface area contributed by atoms with Gasteiger partial charge in [-0.25, -0.2) is 9.78 Å². The van der Waals surface area contributed by atoms with Gasteiger partial charge >= 0.3 is 5.97 Å². The highest BCUT2D eigenvalue weighted by molar-refractivity contribution is 5.98. The van der Waals surface area contributed by atoms with E-state index >= 15 is 0 Å². The Kier molecular flexibility index (Phi) is 5.81. The fraction of sp³-hybridized carbons (Fsp3) is 0.391. The van der Waals surface area contributed by atoms with Crippen molar-refractivity contribution in [2.24, 2.45) is 5.92 Å². The van der Waals surface area contributed by atoms with Gasteiger partial charge in [0, 0.05) is 42.7 Å². The van der Waals surface area contributed by atoms with E-state index in [-0.39, 0.29) is 5.56 Å². The molecule has 2 aromatic heterocycles. The first-order chi connectivity index (χ1) is 14.2. The number of fused-ring (bicyclic) bond motifs is 1. The molecular formula is C23H27N3O3. The normalized spacial score (nSPS) is 14.9. The number of carboxylic acid groups (broad SMARTS) is 1. The van der Waals surface area contributed by atoms with Crippen LogP contribution in [0, 0.1) is 5.92 Å². The van der Waals surface area contributed by atoms with Crippen LogP contribution in [0.3, 0.4) is 0 Å². The number of aromatic nitrogens is 2. The highest BCUT2D eigenvalue weighted by Gasteiger charge is 2.17. The molecule has 0 spiro atoms. The lowest BCUT2D eigenvalue weighted by molar-refractivity contribution is 0.0616. The molecule has 1 saturated heterocycles. The molecule has 0 bridgehead atoms. The quantitative estimate of drug-likeness (QED) is 0.600. The summed E-state index contributed by atoms with van der Waals surface area (Å²) in [7, 11) is 0. The first-order valence-corrected chi connectivity index (χ1v) is 10.3. The van der Waals surface area contributed by atoms with E-state index in [9.17, 15) is 9.90 Å². The second-order valence-corrected chi connectivity index (χ2v) is 7.64.